The van der Waals surface area contributed by atoms with Gasteiger partial charge in [-0.2, -0.15) is 0 Å². The van der Waals surface area contributed by atoms with Gasteiger partial charge in [-0.3, -0.25) is 0 Å². The topological polar surface area (TPSA) is 9.23 Å². The maximum atomic E-state index is 5.70. The van der Waals surface area contributed by atoms with Crippen LogP contribution in [0.1, 0.15) is 283 Å². The predicted molar refractivity (Wildman–Crippen MR) is 452 cm³/mol. The zero-order valence-corrected chi connectivity index (χ0v) is 79.3. The van der Waals surface area contributed by atoms with E-state index in [0.717, 1.165) is 55.0 Å². The fraction of sp³-hybridized carbons (Fsp3) is 0.538. The average Bonchev–Trinajstić information content (AvgIpc) is 1.64. The first-order chi connectivity index (χ1) is 45.4. The number of halogens is 6. The Morgan fingerprint density at radius 1 is 0.455 bits per heavy atom. The standard InChI is InChI=1S/C21H26.C19H22.C14H28O.C13H10.2C9H18.6CH3.6ClH.3Zr/c1-20(2,3)16-7-9-18-14(12-16)11-15-13-17(21(4,5)6)8-10-19(15)18;1-2-3-4-5-8-15-11-12-19-17(13-15)14-16-9-6-7-10-18(16)19;1-14(2,3)15-12-8-4-5-9-13-10-6-7-11-13;1-3-7-12-10(5-1)9-11-6-2-4-8-13(11)12;1-6-5-7(2)9(4)8(6)3;1-2-3-6-9-7-4-5-8-9;;;;;;;;;;;;;;;/h7-13,18H,1-6H3;6-7,9-13H,2-5,8,14H2,1H3;13H,4-12H2,1-3H3;1-8H,9H2;6-9H,5H2,1-4H3;9H,2-8H2,1H3;6*1H3;6*1H;;;/q;;;;;;6*-1;;;;;;;3*+4/p-6. The molecule has 5 aromatic rings. The molecule has 0 saturated heterocycles. The van der Waals surface area contributed by atoms with Crippen molar-refractivity contribution >= 4 is 57.2 Å². The van der Waals surface area contributed by atoms with Crippen LogP contribution in [-0.4, -0.2) is 12.2 Å². The summed E-state index contributed by atoms with van der Waals surface area (Å²) in [6, 6.07) is 40.2. The van der Waals surface area contributed by atoms with Gasteiger partial charge in [0.1, 0.15) is 0 Å². The maximum Gasteiger partial charge on any atom is -0.00135 e. The van der Waals surface area contributed by atoms with E-state index in [4.69, 9.17) is 55.8 Å². The summed E-state index contributed by atoms with van der Waals surface area (Å²) in [5.74, 6) is 6.49. The summed E-state index contributed by atoms with van der Waals surface area (Å²) in [5.41, 5.74) is 20.8. The molecule has 0 amide bonds. The summed E-state index contributed by atoms with van der Waals surface area (Å²) >= 11 is -2.48. The van der Waals surface area contributed by atoms with Gasteiger partial charge in [0.2, 0.25) is 0 Å². The first kappa shape index (κ1) is 105. The molecule has 5 unspecified atom stereocenters. The third kappa shape index (κ3) is 38.2. The minimum Gasteiger partial charge on any atom is -0.0619 e. The number of unbranched alkanes of at least 4 members (excludes halogenated alkanes) is 6. The van der Waals surface area contributed by atoms with Crippen LogP contribution >= 0.6 is 51.1 Å². The SMILES string of the molecule is CC(C)(C)C1=CC2=Cc3cc(C(C)(C)C)ccc3C2C=C1.CC(C)(C)OCCCCCC1CCCC1.CC1CC(C)C(C)C1C.CCCCC1CCCC1.CCCCCCc1ccc2c(c1)Cc1ccccc1-2.[CH3-].[CH3-].[CH3-].[CH3-].[CH3-].[CH3-].[Cl][Zr+2][Cl].[Cl][Zr+2][Cl].[Cl][Zr+2][Cl].c1ccc2c(c1)Cc1ccccc1-2. The van der Waals surface area contributed by atoms with E-state index in [1.54, 1.807) is 0 Å². The van der Waals surface area contributed by atoms with Gasteiger partial charge in [0.05, 0.1) is 5.60 Å². The molecule has 7 aliphatic rings. The van der Waals surface area contributed by atoms with Crippen LogP contribution < -0.4 is 0 Å². The Kier molecular flexibility index (Phi) is 59.0. The van der Waals surface area contributed by atoms with Crippen LogP contribution in [0.15, 0.2) is 139 Å². The monoisotopic (exact) mass is 1730 g/mol. The van der Waals surface area contributed by atoms with E-state index in [0.29, 0.717) is 5.92 Å². The van der Waals surface area contributed by atoms with Crippen molar-refractivity contribution in [1.29, 1.82) is 0 Å². The first-order valence-electron chi connectivity index (χ1n) is 36.5. The number of fused-ring (bicyclic) bond motifs is 9. The summed E-state index contributed by atoms with van der Waals surface area (Å²) < 4.78 is 5.70. The van der Waals surface area contributed by atoms with Crippen LogP contribution in [0.3, 0.4) is 0 Å². The minimum atomic E-state index is -0.826. The third-order valence-corrected chi connectivity index (χ3v) is 20.6. The number of hydrogen-bond acceptors (Lipinski definition) is 1. The van der Waals surface area contributed by atoms with Crippen LogP contribution in [0.2, 0.25) is 0 Å². The van der Waals surface area contributed by atoms with Crippen molar-refractivity contribution < 1.29 is 67.3 Å². The summed E-state index contributed by atoms with van der Waals surface area (Å²) in [5, 5.41) is 0. The van der Waals surface area contributed by atoms with Crippen LogP contribution in [0.5, 0.6) is 0 Å². The average molecular weight is 1740 g/mol. The normalized spacial score (nSPS) is 17.8. The number of hydrogen-bond donors (Lipinski definition) is 0. The Hall–Kier alpha value is -0.331. The van der Waals surface area contributed by atoms with Crippen LogP contribution in [0.25, 0.3) is 28.3 Å². The zero-order chi connectivity index (χ0) is 70.0. The smallest absolute Gasteiger partial charge is 0.00135 e. The van der Waals surface area contributed by atoms with Gasteiger partial charge >= 0.3 is 114 Å². The van der Waals surface area contributed by atoms with E-state index >= 15 is 0 Å². The number of rotatable bonds is 14. The number of benzene rings is 5. The molecule has 0 N–H and O–H groups in total. The number of allylic oxidation sites excluding steroid dienone is 5. The fourth-order valence-corrected chi connectivity index (χ4v) is 14.6. The van der Waals surface area contributed by atoms with Gasteiger partial charge in [-0.05, 0) is 184 Å². The molecule has 0 aromatic heterocycles. The molecule has 0 heterocycles. The number of ether oxygens (including phenoxy) is 1. The Balaban J connectivity index is -0.00000112. The quantitative estimate of drug-likeness (QED) is 0.0779. The molecule has 3 saturated carbocycles. The van der Waals surface area contributed by atoms with Crippen molar-refractivity contribution in [3.63, 3.8) is 0 Å². The Morgan fingerprint density at radius 2 is 0.891 bits per heavy atom. The summed E-state index contributed by atoms with van der Waals surface area (Å²) in [7, 11) is 29.6. The summed E-state index contributed by atoms with van der Waals surface area (Å²) in [6.07, 6.45) is 41.6. The van der Waals surface area contributed by atoms with Crippen molar-refractivity contribution in [2.45, 2.75) is 268 Å². The molecule has 564 valence electrons. The van der Waals surface area contributed by atoms with Gasteiger partial charge in [-0.25, -0.2) is 0 Å². The van der Waals surface area contributed by atoms with Crippen molar-refractivity contribution in [1.82, 2.24) is 0 Å². The van der Waals surface area contributed by atoms with Gasteiger partial charge in [0.25, 0.3) is 0 Å². The predicted octanol–water partition coefficient (Wildman–Crippen LogP) is 32.3. The van der Waals surface area contributed by atoms with E-state index < -0.39 is 62.5 Å². The van der Waals surface area contributed by atoms with E-state index in [1.807, 2.05) is 0 Å². The van der Waals surface area contributed by atoms with E-state index in [-0.39, 0.29) is 61.0 Å². The maximum absolute atomic E-state index is 5.70. The molecule has 12 rings (SSSR count). The molecule has 1 nitrogen and oxygen atoms in total. The van der Waals surface area contributed by atoms with Crippen molar-refractivity contribution in [2.75, 3.05) is 6.61 Å². The summed E-state index contributed by atoms with van der Waals surface area (Å²) in [4.78, 5) is 0. The van der Waals surface area contributed by atoms with Crippen molar-refractivity contribution in [3.05, 3.63) is 228 Å². The van der Waals surface area contributed by atoms with E-state index in [1.165, 1.54) is 213 Å². The molecule has 10 heteroatoms. The van der Waals surface area contributed by atoms with Crippen molar-refractivity contribution in [2.24, 2.45) is 40.9 Å². The van der Waals surface area contributed by atoms with Gasteiger partial charge < -0.3 is 49.3 Å². The molecule has 5 aromatic carbocycles. The van der Waals surface area contributed by atoms with Crippen LogP contribution in [0, 0.1) is 85.5 Å². The second-order valence-electron chi connectivity index (χ2n) is 30.9. The second-order valence-corrected chi connectivity index (χ2v) is 42.1. The van der Waals surface area contributed by atoms with Crippen molar-refractivity contribution in [3.8, 4) is 22.3 Å². The molecule has 5 atom stereocenters. The number of aryl methyl sites for hydroxylation is 1. The van der Waals surface area contributed by atoms with Crippen LogP contribution in [0.4, 0.5) is 0 Å². The van der Waals surface area contributed by atoms with E-state index in [2.05, 4.69) is 237 Å². The second kappa shape index (κ2) is 56.8. The van der Waals surface area contributed by atoms with E-state index in [9.17, 15) is 0 Å². The molecule has 0 aliphatic heterocycles. The molecular weight excluding hydrogens is 1600 g/mol. The Bertz CT molecular complexity index is 2970. The minimum absolute atomic E-state index is 0. The third-order valence-electron chi connectivity index (χ3n) is 20.6. The molecule has 0 bridgehead atoms. The fourth-order valence-electron chi connectivity index (χ4n) is 14.6. The molecule has 0 spiro atoms. The Morgan fingerprint density at radius 3 is 1.32 bits per heavy atom. The largest absolute Gasteiger partial charge is 0.0619 e. The van der Waals surface area contributed by atoms with Gasteiger partial charge in [0, 0.05) is 12.5 Å². The van der Waals surface area contributed by atoms with Gasteiger partial charge in [-0.1, -0.05) is 326 Å². The van der Waals surface area contributed by atoms with Gasteiger partial charge in [-0.15, -0.1) is 0 Å². The molecule has 7 aliphatic carbocycles. The molecule has 101 heavy (non-hydrogen) atoms. The molecular formula is C91H140Cl6OZr3. The van der Waals surface area contributed by atoms with Crippen LogP contribution in [-0.2, 0) is 92.0 Å². The molecule has 3 fully saturated rings. The Labute approximate surface area is 682 Å². The summed E-state index contributed by atoms with van der Waals surface area (Å²) in [6.45, 7) is 35.1. The molecule has 0 radical (unpaired) electrons. The first-order valence-corrected chi connectivity index (χ1v) is 55.5. The zero-order valence-electron chi connectivity index (χ0n) is 67.4. The van der Waals surface area contributed by atoms with Gasteiger partial charge in [0.15, 0.2) is 0 Å².